The van der Waals surface area contributed by atoms with Crippen LogP contribution in [0, 0.1) is 0 Å². The van der Waals surface area contributed by atoms with E-state index >= 15 is 0 Å². The number of hydrogen-bond acceptors (Lipinski definition) is 4. The second-order valence-electron chi connectivity index (χ2n) is 5.99. The molecular formula is C13H27N3O3. The lowest BCUT2D eigenvalue weighted by Gasteiger charge is -2.29. The number of carbonyl (C=O) groups excluding carboxylic acids is 2. The summed E-state index contributed by atoms with van der Waals surface area (Å²) in [6.45, 7) is 9.53. The predicted molar refractivity (Wildman–Crippen MR) is 74.8 cm³/mol. The van der Waals surface area contributed by atoms with Gasteiger partial charge in [-0.3, -0.25) is 10.1 Å². The quantitative estimate of drug-likeness (QED) is 0.575. The lowest BCUT2D eigenvalue weighted by molar-refractivity contribution is -0.119. The van der Waals surface area contributed by atoms with Crippen LogP contribution < -0.4 is 16.0 Å². The molecule has 0 aromatic heterocycles. The zero-order chi connectivity index (χ0) is 15.1. The highest BCUT2D eigenvalue weighted by atomic mass is 16.3. The highest BCUT2D eigenvalue weighted by molar-refractivity contribution is 5.95. The fraction of sp³-hybridized carbons (Fsp3) is 0.846. The SMILES string of the molecule is CC[C@@](C)(CCO)NCC(=O)NC(=O)NC(C)(C)C. The maximum atomic E-state index is 11.6. The predicted octanol–water partition coefficient (Wildman–Crippen LogP) is 0.751. The average molecular weight is 273 g/mol. The van der Waals surface area contributed by atoms with Gasteiger partial charge in [0.15, 0.2) is 0 Å². The van der Waals surface area contributed by atoms with Crippen molar-refractivity contribution in [1.82, 2.24) is 16.0 Å². The van der Waals surface area contributed by atoms with Gasteiger partial charge in [0.2, 0.25) is 5.91 Å². The van der Waals surface area contributed by atoms with Crippen LogP contribution in [-0.4, -0.2) is 41.3 Å². The summed E-state index contributed by atoms with van der Waals surface area (Å²) in [7, 11) is 0. The van der Waals surface area contributed by atoms with Crippen LogP contribution in [0.15, 0.2) is 0 Å². The van der Waals surface area contributed by atoms with E-state index in [0.717, 1.165) is 6.42 Å². The molecule has 6 heteroatoms. The molecule has 0 aliphatic heterocycles. The molecule has 0 saturated heterocycles. The van der Waals surface area contributed by atoms with Gasteiger partial charge in [0.05, 0.1) is 6.54 Å². The first-order chi connectivity index (χ1) is 8.62. The summed E-state index contributed by atoms with van der Waals surface area (Å²) in [4.78, 5) is 23.1. The van der Waals surface area contributed by atoms with Crippen molar-refractivity contribution >= 4 is 11.9 Å². The Morgan fingerprint density at radius 1 is 1.16 bits per heavy atom. The van der Waals surface area contributed by atoms with Crippen molar-refractivity contribution in [2.75, 3.05) is 13.2 Å². The zero-order valence-electron chi connectivity index (χ0n) is 12.6. The topological polar surface area (TPSA) is 90.5 Å². The smallest absolute Gasteiger partial charge is 0.321 e. The van der Waals surface area contributed by atoms with E-state index in [1.165, 1.54) is 0 Å². The summed E-state index contributed by atoms with van der Waals surface area (Å²) < 4.78 is 0. The number of nitrogens with one attached hydrogen (secondary N) is 3. The lowest BCUT2D eigenvalue weighted by Crippen LogP contribution is -2.52. The Labute approximate surface area is 115 Å². The van der Waals surface area contributed by atoms with Crippen molar-refractivity contribution in [2.45, 2.75) is 58.5 Å². The Morgan fingerprint density at radius 2 is 1.74 bits per heavy atom. The van der Waals surface area contributed by atoms with E-state index in [2.05, 4.69) is 16.0 Å². The first kappa shape index (κ1) is 17.9. The second-order valence-corrected chi connectivity index (χ2v) is 5.99. The number of carbonyl (C=O) groups is 2. The zero-order valence-corrected chi connectivity index (χ0v) is 12.6. The molecular weight excluding hydrogens is 246 g/mol. The van der Waals surface area contributed by atoms with Crippen LogP contribution in [0.4, 0.5) is 4.79 Å². The van der Waals surface area contributed by atoms with Crippen LogP contribution in [0.25, 0.3) is 0 Å². The summed E-state index contributed by atoms with van der Waals surface area (Å²) in [6.07, 6.45) is 1.35. The van der Waals surface area contributed by atoms with Crippen LogP contribution >= 0.6 is 0 Å². The first-order valence-corrected chi connectivity index (χ1v) is 6.60. The van der Waals surface area contributed by atoms with Gasteiger partial charge in [0, 0.05) is 17.7 Å². The van der Waals surface area contributed by atoms with Gasteiger partial charge < -0.3 is 15.7 Å². The Bertz CT molecular complexity index is 313. The third-order valence-corrected chi connectivity index (χ3v) is 2.86. The molecule has 1 atom stereocenters. The number of aliphatic hydroxyl groups excluding tert-OH is 1. The molecule has 6 nitrogen and oxygen atoms in total. The van der Waals surface area contributed by atoms with E-state index in [-0.39, 0.29) is 30.1 Å². The maximum Gasteiger partial charge on any atom is 0.321 e. The van der Waals surface area contributed by atoms with Gasteiger partial charge in [-0.2, -0.15) is 0 Å². The third kappa shape index (κ3) is 8.56. The van der Waals surface area contributed by atoms with Gasteiger partial charge >= 0.3 is 6.03 Å². The maximum absolute atomic E-state index is 11.6. The molecule has 19 heavy (non-hydrogen) atoms. The Morgan fingerprint density at radius 3 is 2.16 bits per heavy atom. The average Bonchev–Trinajstić information content (AvgIpc) is 2.24. The van der Waals surface area contributed by atoms with Crippen LogP contribution in [0.1, 0.15) is 47.5 Å². The molecule has 0 rings (SSSR count). The number of urea groups is 1. The molecule has 3 amide bonds. The van der Waals surface area contributed by atoms with E-state index in [1.54, 1.807) is 0 Å². The van der Waals surface area contributed by atoms with Crippen LogP contribution in [0.3, 0.4) is 0 Å². The standard InChI is InChI=1S/C13H27N3O3/c1-6-13(5,7-8-17)14-9-10(18)15-11(19)16-12(2,3)4/h14,17H,6-9H2,1-5H3,(H2,15,16,18,19)/t13-/m0/s1. The number of imide groups is 1. The van der Waals surface area contributed by atoms with Gasteiger partial charge in [0.1, 0.15) is 0 Å². The van der Waals surface area contributed by atoms with Crippen molar-refractivity contribution in [3.63, 3.8) is 0 Å². The van der Waals surface area contributed by atoms with Crippen molar-refractivity contribution in [3.05, 3.63) is 0 Å². The molecule has 0 aromatic rings. The minimum atomic E-state index is -0.500. The molecule has 0 fully saturated rings. The molecule has 0 aliphatic rings. The molecule has 4 N–H and O–H groups in total. The molecule has 0 heterocycles. The third-order valence-electron chi connectivity index (χ3n) is 2.86. The molecule has 0 saturated carbocycles. The second kappa shape index (κ2) is 7.45. The van der Waals surface area contributed by atoms with E-state index in [4.69, 9.17) is 5.11 Å². The summed E-state index contributed by atoms with van der Waals surface area (Å²) in [5.41, 5.74) is -0.681. The monoisotopic (exact) mass is 273 g/mol. The minimum Gasteiger partial charge on any atom is -0.396 e. The van der Waals surface area contributed by atoms with E-state index < -0.39 is 6.03 Å². The van der Waals surface area contributed by atoms with Crippen LogP contribution in [0.5, 0.6) is 0 Å². The molecule has 0 radical (unpaired) electrons. The molecule has 0 aliphatic carbocycles. The summed E-state index contributed by atoms with van der Waals surface area (Å²) in [6, 6.07) is -0.500. The minimum absolute atomic E-state index is 0.0436. The normalized spacial score (nSPS) is 14.6. The highest BCUT2D eigenvalue weighted by Crippen LogP contribution is 2.12. The Hall–Kier alpha value is -1.14. The molecule has 0 spiro atoms. The summed E-state index contributed by atoms with van der Waals surface area (Å²) in [5.74, 6) is -0.389. The number of hydrogen-bond donors (Lipinski definition) is 4. The van der Waals surface area contributed by atoms with Crippen LogP contribution in [-0.2, 0) is 4.79 Å². The number of amides is 3. The van der Waals surface area contributed by atoms with Crippen molar-refractivity contribution in [3.8, 4) is 0 Å². The number of aliphatic hydroxyl groups is 1. The molecule has 0 aromatic carbocycles. The van der Waals surface area contributed by atoms with Gasteiger partial charge in [-0.25, -0.2) is 4.79 Å². The van der Waals surface area contributed by atoms with Crippen LogP contribution in [0.2, 0.25) is 0 Å². The van der Waals surface area contributed by atoms with Crippen molar-refractivity contribution in [1.29, 1.82) is 0 Å². The largest absolute Gasteiger partial charge is 0.396 e. The summed E-state index contributed by atoms with van der Waals surface area (Å²) in [5, 5.41) is 16.9. The highest BCUT2D eigenvalue weighted by Gasteiger charge is 2.22. The molecule has 112 valence electrons. The van der Waals surface area contributed by atoms with Gasteiger partial charge in [0.25, 0.3) is 0 Å². The lowest BCUT2D eigenvalue weighted by atomic mass is 9.95. The summed E-state index contributed by atoms with van der Waals surface area (Å²) >= 11 is 0. The number of rotatable bonds is 6. The first-order valence-electron chi connectivity index (χ1n) is 6.60. The molecule has 0 unspecified atom stereocenters. The van der Waals surface area contributed by atoms with Gasteiger partial charge in [-0.05, 0) is 40.5 Å². The van der Waals surface area contributed by atoms with Gasteiger partial charge in [-0.15, -0.1) is 0 Å². The van der Waals surface area contributed by atoms with E-state index in [0.29, 0.717) is 6.42 Å². The molecule has 0 bridgehead atoms. The Kier molecular flexibility index (Phi) is 7.00. The van der Waals surface area contributed by atoms with E-state index in [1.807, 2.05) is 34.6 Å². The Balaban J connectivity index is 4.15. The van der Waals surface area contributed by atoms with Gasteiger partial charge in [-0.1, -0.05) is 6.92 Å². The van der Waals surface area contributed by atoms with Crippen molar-refractivity contribution in [2.24, 2.45) is 0 Å². The fourth-order valence-electron chi connectivity index (χ4n) is 1.47. The van der Waals surface area contributed by atoms with Crippen molar-refractivity contribution < 1.29 is 14.7 Å². The van der Waals surface area contributed by atoms with E-state index in [9.17, 15) is 9.59 Å². The fourth-order valence-corrected chi connectivity index (χ4v) is 1.47.